The maximum Gasteiger partial charge on any atom is 0.434 e. The summed E-state index contributed by atoms with van der Waals surface area (Å²) in [5.74, 6) is -1.93. The molecule has 0 aliphatic heterocycles. The molecular weight excluding hydrogens is 295 g/mol. The second-order valence-corrected chi connectivity index (χ2v) is 3.42. The zero-order valence-electron chi connectivity index (χ0n) is 9.19. The van der Waals surface area contributed by atoms with Crippen LogP contribution in [0.4, 0.5) is 30.7 Å². The summed E-state index contributed by atoms with van der Waals surface area (Å²) >= 11 is 0. The third kappa shape index (κ3) is 2.79. The van der Waals surface area contributed by atoms with Crippen molar-refractivity contribution in [2.45, 2.75) is 18.8 Å². The summed E-state index contributed by atoms with van der Waals surface area (Å²) in [6.45, 7) is 0. The lowest BCUT2D eigenvalue weighted by Crippen LogP contribution is -2.23. The maximum absolute atomic E-state index is 13.3. The lowest BCUT2D eigenvalue weighted by molar-refractivity contribution is -0.165. The Morgan fingerprint density at radius 3 is 1.90 bits per heavy atom. The number of nitriles is 2. The number of pyridine rings is 1. The molecule has 0 aromatic carbocycles. The summed E-state index contributed by atoms with van der Waals surface area (Å²) in [5, 5.41) is 16.9. The number of rotatable bonds is 1. The van der Waals surface area contributed by atoms with E-state index >= 15 is 0 Å². The fourth-order valence-corrected chi connectivity index (χ4v) is 1.44. The molecule has 10 heteroatoms. The van der Waals surface area contributed by atoms with Crippen LogP contribution in [0.3, 0.4) is 0 Å². The van der Waals surface area contributed by atoms with E-state index in [9.17, 15) is 30.7 Å². The highest BCUT2D eigenvalue weighted by Crippen LogP contribution is 2.42. The Labute approximate surface area is 106 Å². The van der Waals surface area contributed by atoms with Crippen molar-refractivity contribution in [3.63, 3.8) is 0 Å². The Kier molecular flexibility index (Phi) is 3.89. The van der Waals surface area contributed by atoms with Crippen LogP contribution in [0.5, 0.6) is 0 Å². The number of halogens is 7. The third-order valence-corrected chi connectivity index (χ3v) is 2.17. The molecule has 1 aromatic heterocycles. The highest BCUT2D eigenvalue weighted by atomic mass is 19.4. The molecule has 20 heavy (non-hydrogen) atoms. The van der Waals surface area contributed by atoms with E-state index < -0.39 is 47.1 Å². The predicted molar refractivity (Wildman–Crippen MR) is 48.2 cm³/mol. The van der Waals surface area contributed by atoms with Gasteiger partial charge in [-0.25, -0.2) is 4.98 Å². The first-order valence-electron chi connectivity index (χ1n) is 4.67. The van der Waals surface area contributed by atoms with Crippen molar-refractivity contribution in [1.29, 1.82) is 10.5 Å². The van der Waals surface area contributed by atoms with Gasteiger partial charge in [-0.3, -0.25) is 0 Å². The maximum atomic E-state index is 13.3. The van der Waals surface area contributed by atoms with Gasteiger partial charge in [0.1, 0.15) is 11.6 Å². The van der Waals surface area contributed by atoms with Gasteiger partial charge in [0.25, 0.3) is 0 Å². The zero-order chi connectivity index (χ0) is 15.7. The van der Waals surface area contributed by atoms with Crippen LogP contribution < -0.4 is 0 Å². The lowest BCUT2D eigenvalue weighted by atomic mass is 9.99. The molecular formula is C10H2F7N3. The first-order valence-corrected chi connectivity index (χ1v) is 4.67. The normalized spacial score (nSPS) is 11.8. The van der Waals surface area contributed by atoms with Crippen LogP contribution in [0.2, 0.25) is 0 Å². The van der Waals surface area contributed by atoms with Gasteiger partial charge in [-0.05, 0) is 0 Å². The van der Waals surface area contributed by atoms with Gasteiger partial charge in [-0.2, -0.15) is 41.3 Å². The molecule has 0 N–H and O–H groups in total. The average molecular weight is 297 g/mol. The van der Waals surface area contributed by atoms with Crippen molar-refractivity contribution in [3.05, 3.63) is 28.3 Å². The number of hydrogen-bond acceptors (Lipinski definition) is 3. The molecule has 0 unspecified atom stereocenters. The van der Waals surface area contributed by atoms with Crippen LogP contribution in [0.25, 0.3) is 0 Å². The quantitative estimate of drug-likeness (QED) is 0.590. The van der Waals surface area contributed by atoms with Gasteiger partial charge in [-0.15, -0.1) is 0 Å². The molecule has 0 aliphatic rings. The van der Waals surface area contributed by atoms with E-state index in [2.05, 4.69) is 4.98 Å². The SMILES string of the molecule is N#CCc1c(F)nc(C(F)(F)F)c(C(F)(F)F)c1C#N. The Morgan fingerprint density at radius 2 is 1.55 bits per heavy atom. The fourth-order valence-electron chi connectivity index (χ4n) is 1.44. The van der Waals surface area contributed by atoms with Crippen LogP contribution in [-0.2, 0) is 18.8 Å². The van der Waals surface area contributed by atoms with E-state index in [0.29, 0.717) is 0 Å². The molecule has 0 amide bonds. The van der Waals surface area contributed by atoms with Gasteiger partial charge in [0.2, 0.25) is 5.95 Å². The minimum Gasteiger partial charge on any atom is -0.214 e. The second-order valence-electron chi connectivity index (χ2n) is 3.42. The van der Waals surface area contributed by atoms with Gasteiger partial charge in [-0.1, -0.05) is 0 Å². The van der Waals surface area contributed by atoms with Crippen LogP contribution >= 0.6 is 0 Å². The molecule has 0 saturated heterocycles. The summed E-state index contributed by atoms with van der Waals surface area (Å²) in [7, 11) is 0. The summed E-state index contributed by atoms with van der Waals surface area (Å²) in [4.78, 5) is 2.22. The van der Waals surface area contributed by atoms with Gasteiger partial charge < -0.3 is 0 Å². The topological polar surface area (TPSA) is 60.5 Å². The van der Waals surface area contributed by atoms with E-state index in [1.165, 1.54) is 6.07 Å². The molecule has 1 heterocycles. The predicted octanol–water partition coefficient (Wildman–Crippen LogP) is 3.20. The Hall–Kier alpha value is -2.36. The van der Waals surface area contributed by atoms with Gasteiger partial charge in [0.15, 0.2) is 5.69 Å². The molecule has 3 nitrogen and oxygen atoms in total. The highest BCUT2D eigenvalue weighted by molar-refractivity contribution is 5.49. The number of alkyl halides is 6. The standard InChI is InChI=1S/C10H2F7N3/c11-8-4(1-2-18)5(3-19)6(9(12,13)14)7(20-8)10(15,16)17/h1H2. The largest absolute Gasteiger partial charge is 0.434 e. The van der Waals surface area contributed by atoms with E-state index in [4.69, 9.17) is 10.5 Å². The van der Waals surface area contributed by atoms with Gasteiger partial charge in [0.05, 0.1) is 18.1 Å². The van der Waals surface area contributed by atoms with Crippen molar-refractivity contribution in [1.82, 2.24) is 4.98 Å². The number of hydrogen-bond donors (Lipinski definition) is 0. The minimum absolute atomic E-state index is 0.858. The van der Waals surface area contributed by atoms with E-state index in [0.717, 1.165) is 6.07 Å². The van der Waals surface area contributed by atoms with Crippen molar-refractivity contribution >= 4 is 0 Å². The molecule has 0 radical (unpaired) electrons. The summed E-state index contributed by atoms with van der Waals surface area (Å²) in [5.41, 5.74) is -7.63. The number of aromatic nitrogens is 1. The Balaban J connectivity index is 3.89. The molecule has 0 spiro atoms. The zero-order valence-corrected chi connectivity index (χ0v) is 9.19. The monoisotopic (exact) mass is 297 g/mol. The first-order chi connectivity index (χ1) is 9.04. The van der Waals surface area contributed by atoms with Crippen molar-refractivity contribution in [3.8, 4) is 12.1 Å². The third-order valence-electron chi connectivity index (χ3n) is 2.17. The van der Waals surface area contributed by atoms with E-state index in [1.54, 1.807) is 0 Å². The highest BCUT2D eigenvalue weighted by Gasteiger charge is 2.48. The van der Waals surface area contributed by atoms with Crippen LogP contribution in [0.1, 0.15) is 22.4 Å². The summed E-state index contributed by atoms with van der Waals surface area (Å²) in [6.07, 6.45) is -12.2. The number of nitrogens with zero attached hydrogens (tertiary/aromatic N) is 3. The van der Waals surface area contributed by atoms with Gasteiger partial charge >= 0.3 is 12.4 Å². The second kappa shape index (κ2) is 4.96. The molecule has 1 rings (SSSR count). The van der Waals surface area contributed by atoms with Crippen LogP contribution in [0.15, 0.2) is 0 Å². The Bertz CT molecular complexity index is 616. The van der Waals surface area contributed by atoms with Crippen LogP contribution in [-0.4, -0.2) is 4.98 Å². The average Bonchev–Trinajstić information content (AvgIpc) is 2.28. The van der Waals surface area contributed by atoms with Crippen molar-refractivity contribution < 1.29 is 30.7 Å². The van der Waals surface area contributed by atoms with Crippen molar-refractivity contribution in [2.24, 2.45) is 0 Å². The molecule has 0 atom stereocenters. The Morgan fingerprint density at radius 1 is 1.00 bits per heavy atom. The smallest absolute Gasteiger partial charge is 0.214 e. The van der Waals surface area contributed by atoms with E-state index in [-0.39, 0.29) is 0 Å². The van der Waals surface area contributed by atoms with Crippen LogP contribution in [0, 0.1) is 28.6 Å². The van der Waals surface area contributed by atoms with Gasteiger partial charge in [0, 0.05) is 5.56 Å². The molecule has 106 valence electrons. The fraction of sp³-hybridized carbons (Fsp3) is 0.300. The van der Waals surface area contributed by atoms with Crippen molar-refractivity contribution in [2.75, 3.05) is 0 Å². The molecule has 0 saturated carbocycles. The lowest BCUT2D eigenvalue weighted by Gasteiger charge is -2.17. The van der Waals surface area contributed by atoms with E-state index in [1.807, 2.05) is 0 Å². The molecule has 0 bridgehead atoms. The first kappa shape index (κ1) is 15.7. The molecule has 0 fully saturated rings. The molecule has 0 aliphatic carbocycles. The minimum atomic E-state index is -5.59. The summed E-state index contributed by atoms with van der Waals surface area (Å²) < 4.78 is 88.8. The summed E-state index contributed by atoms with van der Waals surface area (Å²) in [6, 6.07) is 2.11. The molecule has 1 aromatic rings.